The summed E-state index contributed by atoms with van der Waals surface area (Å²) >= 11 is 0. The zero-order chi connectivity index (χ0) is 36.2. The van der Waals surface area contributed by atoms with E-state index in [0.717, 1.165) is 29.7 Å². The van der Waals surface area contributed by atoms with Crippen LogP contribution in [0.25, 0.3) is 45.7 Å². The third kappa shape index (κ3) is 9.47. The summed E-state index contributed by atoms with van der Waals surface area (Å²) in [6, 6.07) is 25.6. The molecule has 0 aliphatic heterocycles. The molecule has 0 atom stereocenters. The molecule has 0 unspecified atom stereocenters. The second kappa shape index (κ2) is 17.2. The van der Waals surface area contributed by atoms with Crippen LogP contribution in [0, 0.1) is 0 Å². The number of hydrogen-bond donors (Lipinski definition) is 0. The number of aryl methyl sites for hydroxylation is 1. The first kappa shape index (κ1) is 36.5. The average Bonchev–Trinajstić information content (AvgIpc) is 3.85. The fourth-order valence-corrected chi connectivity index (χ4v) is 4.73. The minimum atomic E-state index is -4.67. The summed E-state index contributed by atoms with van der Waals surface area (Å²) in [5, 5.41) is 7.84. The minimum Gasteiger partial charge on any atom is -0.490 e. The van der Waals surface area contributed by atoms with Gasteiger partial charge in [0.25, 0.3) is 11.8 Å². The summed E-state index contributed by atoms with van der Waals surface area (Å²) in [4.78, 5) is 8.58. The van der Waals surface area contributed by atoms with Gasteiger partial charge in [0.1, 0.15) is 32.3 Å². The van der Waals surface area contributed by atoms with Gasteiger partial charge >= 0.3 is 6.18 Å². The van der Waals surface area contributed by atoms with E-state index in [1.165, 1.54) is 6.07 Å². The van der Waals surface area contributed by atoms with Gasteiger partial charge < -0.3 is 23.3 Å². The number of ether oxygens (including phenoxy) is 3. The van der Waals surface area contributed by atoms with Crippen LogP contribution in [0.2, 0.25) is 0 Å². The van der Waals surface area contributed by atoms with Crippen molar-refractivity contribution in [1.82, 2.24) is 20.3 Å². The summed E-state index contributed by atoms with van der Waals surface area (Å²) in [5.41, 5.74) is 2.49. The Morgan fingerprint density at radius 2 is 1.12 bits per heavy atom. The average molecular weight is 707 g/mol. The maximum absolute atomic E-state index is 13.3. The molecule has 0 aliphatic rings. The summed E-state index contributed by atoms with van der Waals surface area (Å²) in [6.45, 7) is 2.44. The SMILES string of the molecule is CCOc1cc(-c2nc(-c3ccccc3)no2)ccc1OCC[18F].CCc1ccc(-c2noc(-c3ccc(OCC[18F])c(C(F)(F)F)c3)n2)cc1. The molecule has 4 aromatic carbocycles. The first-order chi connectivity index (χ1) is 24.7. The molecule has 14 heteroatoms. The van der Waals surface area contributed by atoms with Gasteiger partial charge in [0.05, 0.1) is 12.2 Å². The first-order valence-electron chi connectivity index (χ1n) is 15.9. The van der Waals surface area contributed by atoms with Gasteiger partial charge in [-0.25, -0.2) is 8.78 Å². The van der Waals surface area contributed by atoms with Crippen molar-refractivity contribution >= 4 is 0 Å². The highest BCUT2D eigenvalue weighted by Gasteiger charge is 2.35. The molecule has 9 nitrogen and oxygen atoms in total. The molecule has 6 rings (SSSR count). The number of aromatic nitrogens is 4. The summed E-state index contributed by atoms with van der Waals surface area (Å²) in [5.74, 6) is 1.68. The van der Waals surface area contributed by atoms with Crippen molar-refractivity contribution in [2.75, 3.05) is 33.2 Å². The predicted molar refractivity (Wildman–Crippen MR) is 179 cm³/mol. The van der Waals surface area contributed by atoms with Crippen molar-refractivity contribution in [3.63, 3.8) is 0 Å². The van der Waals surface area contributed by atoms with Crippen LogP contribution in [0.1, 0.15) is 25.0 Å². The summed E-state index contributed by atoms with van der Waals surface area (Å²) < 4.78 is 90.5. The largest absolute Gasteiger partial charge is 0.490 e. The highest BCUT2D eigenvalue weighted by molar-refractivity contribution is 5.64. The molecule has 0 amide bonds. The maximum Gasteiger partial charge on any atom is 0.419 e. The Morgan fingerprint density at radius 1 is 0.588 bits per heavy atom. The molecule has 0 spiro atoms. The van der Waals surface area contributed by atoms with Gasteiger partial charge in [-0.1, -0.05) is 71.8 Å². The Morgan fingerprint density at radius 3 is 1.67 bits per heavy atom. The number of hydrogen-bond acceptors (Lipinski definition) is 9. The zero-order valence-electron chi connectivity index (χ0n) is 27.6. The molecule has 51 heavy (non-hydrogen) atoms. The fraction of sp³-hybridized carbons (Fsp3) is 0.243. The van der Waals surface area contributed by atoms with Crippen LogP contribution < -0.4 is 14.2 Å². The molecule has 0 aliphatic carbocycles. The summed E-state index contributed by atoms with van der Waals surface area (Å²) in [6.07, 6.45) is -3.78. The standard InChI is InChI=1S/C19H16F4N2O2.C18H17FN2O3/c1-2-12-3-5-13(6-4-12)17-24-18(27-25-17)14-7-8-16(26-10-9-20)15(11-14)19(21,22)23;1-2-22-16-12-14(8-9-15(16)23-11-10-19)18-20-17(21-24-18)13-6-4-3-5-7-13/h3-8,11H,2,9-10H2,1H3;3-9,12H,2,10-11H2,1H3/i20-1;19-1. The molecule has 0 saturated carbocycles. The van der Waals surface area contributed by atoms with Gasteiger partial charge in [-0.05, 0) is 55.3 Å². The first-order valence-corrected chi connectivity index (χ1v) is 15.9. The number of halogens is 5. The van der Waals surface area contributed by atoms with Crippen molar-refractivity contribution in [1.29, 1.82) is 0 Å². The second-order valence-corrected chi connectivity index (χ2v) is 10.6. The highest BCUT2D eigenvalue weighted by atomic mass is 19.4. The lowest BCUT2D eigenvalue weighted by atomic mass is 10.1. The molecular weight excluding hydrogens is 673 g/mol. The molecule has 0 N–H and O–H groups in total. The smallest absolute Gasteiger partial charge is 0.419 e. The lowest BCUT2D eigenvalue weighted by Gasteiger charge is -2.13. The van der Waals surface area contributed by atoms with Crippen molar-refractivity contribution in [2.45, 2.75) is 26.4 Å². The van der Waals surface area contributed by atoms with E-state index in [4.69, 9.17) is 23.3 Å². The van der Waals surface area contributed by atoms with E-state index in [1.807, 2.05) is 68.4 Å². The number of alkyl halides is 5. The van der Waals surface area contributed by atoms with Gasteiger partial charge in [0.15, 0.2) is 11.5 Å². The summed E-state index contributed by atoms with van der Waals surface area (Å²) in [7, 11) is 0. The maximum atomic E-state index is 13.3. The molecule has 2 heterocycles. The highest BCUT2D eigenvalue weighted by Crippen LogP contribution is 2.39. The van der Waals surface area contributed by atoms with E-state index >= 15 is 0 Å². The molecule has 6 aromatic rings. The van der Waals surface area contributed by atoms with Crippen LogP contribution in [0.4, 0.5) is 22.0 Å². The van der Waals surface area contributed by atoms with Crippen molar-refractivity contribution < 1.29 is 45.2 Å². The quantitative estimate of drug-likeness (QED) is 0.109. The van der Waals surface area contributed by atoms with Crippen LogP contribution >= 0.6 is 0 Å². The van der Waals surface area contributed by atoms with E-state index in [9.17, 15) is 22.0 Å². The van der Waals surface area contributed by atoms with Gasteiger partial charge in [-0.15, -0.1) is 0 Å². The van der Waals surface area contributed by atoms with E-state index < -0.39 is 37.4 Å². The molecule has 266 valence electrons. The van der Waals surface area contributed by atoms with E-state index in [1.54, 1.807) is 18.2 Å². The molecule has 0 fully saturated rings. The minimum absolute atomic E-state index is 0.0157. The van der Waals surface area contributed by atoms with Crippen molar-refractivity contribution in [3.05, 3.63) is 102 Å². The van der Waals surface area contributed by atoms with Crippen LogP contribution in [-0.4, -0.2) is 53.5 Å². The molecular formula is C37H33F5N4O5. The Hall–Kier alpha value is -5.79. The van der Waals surface area contributed by atoms with Gasteiger partial charge in [-0.3, -0.25) is 0 Å². The monoisotopic (exact) mass is 706 g/mol. The Balaban J connectivity index is 0.000000199. The number of rotatable bonds is 13. The Bertz CT molecular complexity index is 1980. The normalized spacial score (nSPS) is 11.1. The van der Waals surface area contributed by atoms with Crippen molar-refractivity contribution in [3.8, 4) is 62.9 Å². The molecule has 0 radical (unpaired) electrons. The molecule has 2 aromatic heterocycles. The molecule has 0 saturated heterocycles. The van der Waals surface area contributed by atoms with Crippen LogP contribution in [0.5, 0.6) is 17.2 Å². The number of nitrogens with zero attached hydrogens (tertiary/aromatic N) is 4. The fourth-order valence-electron chi connectivity index (χ4n) is 4.73. The van der Waals surface area contributed by atoms with Crippen LogP contribution in [0.3, 0.4) is 0 Å². The van der Waals surface area contributed by atoms with Gasteiger partial charge in [-0.2, -0.15) is 23.1 Å². The predicted octanol–water partition coefficient (Wildman–Crippen LogP) is 9.48. The van der Waals surface area contributed by atoms with E-state index in [-0.39, 0.29) is 23.9 Å². The van der Waals surface area contributed by atoms with Gasteiger partial charge in [0.2, 0.25) is 11.6 Å². The topological polar surface area (TPSA) is 106 Å². The van der Waals surface area contributed by atoms with Gasteiger partial charge in [0, 0.05) is 22.3 Å². The molecule has 0 bridgehead atoms. The zero-order valence-corrected chi connectivity index (χ0v) is 27.6. The third-order valence-corrected chi connectivity index (χ3v) is 7.20. The third-order valence-electron chi connectivity index (χ3n) is 7.20. The van der Waals surface area contributed by atoms with Crippen molar-refractivity contribution in [2.24, 2.45) is 0 Å². The Labute approximate surface area is 290 Å². The second-order valence-electron chi connectivity index (χ2n) is 10.6. The lowest BCUT2D eigenvalue weighted by Crippen LogP contribution is -2.10. The van der Waals surface area contributed by atoms with Crippen LogP contribution in [0.15, 0.2) is 100 Å². The Kier molecular flexibility index (Phi) is 12.3. The number of benzene rings is 4. The van der Waals surface area contributed by atoms with E-state index in [0.29, 0.717) is 40.9 Å². The van der Waals surface area contributed by atoms with Crippen LogP contribution in [-0.2, 0) is 12.6 Å². The lowest BCUT2D eigenvalue weighted by molar-refractivity contribution is -0.138. The van der Waals surface area contributed by atoms with E-state index in [2.05, 4.69) is 20.3 Å².